The van der Waals surface area contributed by atoms with Crippen molar-refractivity contribution in [3.63, 3.8) is 0 Å². The van der Waals surface area contributed by atoms with Crippen molar-refractivity contribution in [3.8, 4) is 0 Å². The van der Waals surface area contributed by atoms with Crippen LogP contribution in [0, 0.1) is 13.8 Å². The zero-order valence-electron chi connectivity index (χ0n) is 19.1. The van der Waals surface area contributed by atoms with E-state index in [0.29, 0.717) is 33.4 Å². The van der Waals surface area contributed by atoms with E-state index in [-0.39, 0.29) is 23.5 Å². The molecule has 0 atom stereocenters. The van der Waals surface area contributed by atoms with E-state index in [1.165, 1.54) is 24.3 Å². The van der Waals surface area contributed by atoms with Gasteiger partial charge in [0, 0.05) is 10.9 Å². The van der Waals surface area contributed by atoms with Crippen molar-refractivity contribution in [1.29, 1.82) is 0 Å². The first kappa shape index (κ1) is 22.2. The molecule has 2 heterocycles. The summed E-state index contributed by atoms with van der Waals surface area (Å²) in [6.45, 7) is 3.23. The van der Waals surface area contributed by atoms with E-state index in [1.54, 1.807) is 37.3 Å². The summed E-state index contributed by atoms with van der Waals surface area (Å²) >= 11 is 0. The number of rotatable bonds is 5. The number of ketones is 1. The van der Waals surface area contributed by atoms with Gasteiger partial charge < -0.3 is 4.74 Å². The fourth-order valence-electron chi connectivity index (χ4n) is 4.15. The van der Waals surface area contributed by atoms with Crippen molar-refractivity contribution in [2.75, 3.05) is 11.5 Å². The molecule has 35 heavy (non-hydrogen) atoms. The summed E-state index contributed by atoms with van der Waals surface area (Å²) in [4.78, 5) is 56.7. The number of nitrogens with zero attached hydrogens (tertiary/aromatic N) is 2. The molecule has 0 radical (unpaired) electrons. The highest BCUT2D eigenvalue weighted by Crippen LogP contribution is 2.34. The summed E-state index contributed by atoms with van der Waals surface area (Å²) in [7, 11) is 0. The molecule has 0 spiro atoms. The Morgan fingerprint density at radius 2 is 1.43 bits per heavy atom. The van der Waals surface area contributed by atoms with Gasteiger partial charge in [-0.05, 0) is 44.2 Å². The third-order valence-corrected chi connectivity index (χ3v) is 5.98. The van der Waals surface area contributed by atoms with E-state index in [4.69, 9.17) is 4.74 Å². The number of fused-ring (bicyclic) bond motifs is 3. The number of Topliss-reactive ketones (excluding diaryl/α,β-unsaturated/α-hetero) is 1. The fraction of sp³-hybridized carbons (Fsp3) is 0.107. The molecule has 7 nitrogen and oxygen atoms in total. The van der Waals surface area contributed by atoms with Gasteiger partial charge in [-0.2, -0.15) is 0 Å². The minimum Gasteiger partial charge on any atom is -0.454 e. The number of imide groups is 1. The number of carbonyl (C=O) groups is 4. The third kappa shape index (κ3) is 3.87. The molecule has 7 heteroatoms. The van der Waals surface area contributed by atoms with Crippen molar-refractivity contribution >= 4 is 40.2 Å². The van der Waals surface area contributed by atoms with E-state index in [1.807, 2.05) is 25.1 Å². The molecule has 0 saturated carbocycles. The summed E-state index contributed by atoms with van der Waals surface area (Å²) in [5.74, 6) is -1.88. The molecular weight excluding hydrogens is 444 g/mol. The molecule has 0 aliphatic carbocycles. The Morgan fingerprint density at radius 3 is 2.14 bits per heavy atom. The zero-order valence-corrected chi connectivity index (χ0v) is 19.1. The molecule has 4 aromatic rings. The van der Waals surface area contributed by atoms with Crippen LogP contribution in [-0.4, -0.2) is 35.2 Å². The summed E-state index contributed by atoms with van der Waals surface area (Å²) in [6, 6.07) is 20.1. The van der Waals surface area contributed by atoms with Crippen LogP contribution < -0.4 is 4.90 Å². The molecule has 5 rings (SSSR count). The van der Waals surface area contributed by atoms with Crippen LogP contribution in [-0.2, 0) is 4.74 Å². The van der Waals surface area contributed by atoms with Crippen molar-refractivity contribution in [1.82, 2.24) is 4.98 Å². The number of hydrogen-bond donors (Lipinski definition) is 0. The van der Waals surface area contributed by atoms with Gasteiger partial charge in [0.25, 0.3) is 11.8 Å². The Morgan fingerprint density at radius 1 is 0.800 bits per heavy atom. The van der Waals surface area contributed by atoms with Crippen LogP contribution in [0.4, 0.5) is 5.69 Å². The highest BCUT2D eigenvalue weighted by atomic mass is 16.5. The van der Waals surface area contributed by atoms with Gasteiger partial charge in [0.05, 0.1) is 33.6 Å². The van der Waals surface area contributed by atoms with E-state index < -0.39 is 17.8 Å². The Bertz CT molecular complexity index is 1520. The van der Waals surface area contributed by atoms with Crippen LogP contribution in [0.15, 0.2) is 72.8 Å². The first-order chi connectivity index (χ1) is 16.8. The lowest BCUT2D eigenvalue weighted by Gasteiger charge is -2.14. The average Bonchev–Trinajstić information content (AvgIpc) is 3.13. The number of ether oxygens (including phenoxy) is 1. The molecule has 2 amide bonds. The fourth-order valence-corrected chi connectivity index (χ4v) is 4.15. The van der Waals surface area contributed by atoms with Gasteiger partial charge in [-0.15, -0.1) is 0 Å². The summed E-state index contributed by atoms with van der Waals surface area (Å²) in [6.07, 6.45) is 0. The van der Waals surface area contributed by atoms with Crippen LogP contribution >= 0.6 is 0 Å². The second-order valence-corrected chi connectivity index (χ2v) is 8.32. The summed E-state index contributed by atoms with van der Waals surface area (Å²) in [5, 5.41) is 0.618. The highest BCUT2D eigenvalue weighted by molar-refractivity contribution is 6.37. The summed E-state index contributed by atoms with van der Waals surface area (Å²) in [5.41, 5.74) is 3.75. The van der Waals surface area contributed by atoms with E-state index in [2.05, 4.69) is 4.98 Å². The number of carbonyl (C=O) groups excluding carboxylic acids is 4. The lowest BCUT2D eigenvalue weighted by molar-refractivity contribution is 0.0474. The first-order valence-electron chi connectivity index (χ1n) is 11.0. The highest BCUT2D eigenvalue weighted by Gasteiger charge is 2.40. The lowest BCUT2D eigenvalue weighted by atomic mass is 10.0. The maximum atomic E-state index is 13.3. The molecule has 0 bridgehead atoms. The van der Waals surface area contributed by atoms with Crippen LogP contribution in [0.2, 0.25) is 0 Å². The van der Waals surface area contributed by atoms with Gasteiger partial charge in [0.1, 0.15) is 0 Å². The predicted molar refractivity (Wildman–Crippen MR) is 130 cm³/mol. The van der Waals surface area contributed by atoms with Crippen molar-refractivity contribution in [2.45, 2.75) is 13.8 Å². The zero-order chi connectivity index (χ0) is 24.7. The minimum absolute atomic E-state index is 0.199. The Hall–Kier alpha value is -4.65. The molecule has 172 valence electrons. The second kappa shape index (κ2) is 8.61. The molecule has 0 N–H and O–H groups in total. The average molecular weight is 464 g/mol. The maximum absolute atomic E-state index is 13.3. The Balaban J connectivity index is 1.34. The quantitative estimate of drug-likeness (QED) is 0.242. The maximum Gasteiger partial charge on any atom is 0.338 e. The van der Waals surface area contributed by atoms with Crippen molar-refractivity contribution in [3.05, 3.63) is 106 Å². The van der Waals surface area contributed by atoms with Gasteiger partial charge in [0.2, 0.25) is 0 Å². The minimum atomic E-state index is -0.676. The van der Waals surface area contributed by atoms with Crippen LogP contribution in [0.5, 0.6) is 0 Å². The molecule has 0 unspecified atom stereocenters. The number of aromatic nitrogens is 1. The SMILES string of the molecule is Cc1ccc(C(=O)COC(=O)c2ccc(N3C(=O)c4c(C)nc5ccccc5c4C3=O)cc2)cc1. The smallest absolute Gasteiger partial charge is 0.338 e. The molecule has 1 aromatic heterocycles. The predicted octanol–water partition coefficient (Wildman–Crippen LogP) is 4.69. The largest absolute Gasteiger partial charge is 0.454 e. The number of amides is 2. The second-order valence-electron chi connectivity index (χ2n) is 8.32. The first-order valence-corrected chi connectivity index (χ1v) is 11.0. The van der Waals surface area contributed by atoms with Gasteiger partial charge >= 0.3 is 5.97 Å². The van der Waals surface area contributed by atoms with Gasteiger partial charge in [-0.25, -0.2) is 9.69 Å². The summed E-state index contributed by atoms with van der Waals surface area (Å²) < 4.78 is 5.15. The topological polar surface area (TPSA) is 93.6 Å². The molecular formula is C28H20N2O5. The lowest BCUT2D eigenvalue weighted by Crippen LogP contribution is -2.29. The number of para-hydroxylation sites is 1. The molecule has 0 fully saturated rings. The third-order valence-electron chi connectivity index (χ3n) is 5.98. The normalized spacial score (nSPS) is 12.7. The molecule has 3 aromatic carbocycles. The van der Waals surface area contributed by atoms with Crippen LogP contribution in [0.3, 0.4) is 0 Å². The van der Waals surface area contributed by atoms with E-state index in [0.717, 1.165) is 10.5 Å². The standard InChI is InChI=1S/C28H20N2O5/c1-16-7-9-18(10-8-16)23(31)15-35-28(34)19-11-13-20(14-12-19)30-26(32)24-17(2)29-22-6-4-3-5-21(22)25(24)27(30)33/h3-14H,15H2,1-2H3. The number of pyridine rings is 1. The number of esters is 1. The number of hydrogen-bond acceptors (Lipinski definition) is 6. The Labute approximate surface area is 201 Å². The number of anilines is 1. The van der Waals surface area contributed by atoms with E-state index >= 15 is 0 Å². The van der Waals surface area contributed by atoms with Gasteiger partial charge in [0.15, 0.2) is 12.4 Å². The van der Waals surface area contributed by atoms with Crippen LogP contribution in [0.1, 0.15) is 52.7 Å². The monoisotopic (exact) mass is 464 g/mol. The van der Waals surface area contributed by atoms with Crippen molar-refractivity contribution < 1.29 is 23.9 Å². The van der Waals surface area contributed by atoms with Crippen molar-refractivity contribution in [2.24, 2.45) is 0 Å². The Kier molecular flexibility index (Phi) is 5.45. The van der Waals surface area contributed by atoms with Crippen LogP contribution in [0.25, 0.3) is 10.9 Å². The van der Waals surface area contributed by atoms with E-state index in [9.17, 15) is 19.2 Å². The molecule has 1 aliphatic rings. The number of aryl methyl sites for hydroxylation is 2. The molecule has 1 aliphatic heterocycles. The number of benzene rings is 3. The van der Waals surface area contributed by atoms with Gasteiger partial charge in [-0.3, -0.25) is 19.4 Å². The molecule has 0 saturated heterocycles. The van der Waals surface area contributed by atoms with Gasteiger partial charge in [-0.1, -0.05) is 48.0 Å².